The summed E-state index contributed by atoms with van der Waals surface area (Å²) in [6.07, 6.45) is 0.352. The summed E-state index contributed by atoms with van der Waals surface area (Å²) < 4.78 is 4.33. The fraction of sp³-hybridized carbons (Fsp3) is 0.667. The summed E-state index contributed by atoms with van der Waals surface area (Å²) in [5.41, 5.74) is 5.23. The number of hydrogen-bond donors (Lipinski definition) is 1. The highest BCUT2D eigenvalue weighted by Crippen LogP contribution is 1.99. The van der Waals surface area contributed by atoms with E-state index >= 15 is 0 Å². The lowest BCUT2D eigenvalue weighted by Gasteiger charge is -2.03. The molecule has 0 aromatic heterocycles. The fourth-order valence-electron chi connectivity index (χ4n) is 0.489. The minimum atomic E-state index is -0.768. The lowest BCUT2D eigenvalue weighted by molar-refractivity contribution is -0.140. The lowest BCUT2D eigenvalue weighted by atomic mass is 10.2. The van der Waals surface area contributed by atoms with Crippen molar-refractivity contribution in [1.29, 1.82) is 0 Å². The second-order valence-corrected chi connectivity index (χ2v) is 2.40. The molecule has 0 fully saturated rings. The Morgan fingerprint density at radius 2 is 2.18 bits per heavy atom. The molecule has 0 saturated carbocycles. The zero-order chi connectivity index (χ0) is 8.85. The van der Waals surface area contributed by atoms with Gasteiger partial charge in [0.05, 0.1) is 13.2 Å². The van der Waals surface area contributed by atoms with Crippen LogP contribution in [-0.4, -0.2) is 24.4 Å². The molecule has 64 valence electrons. The Morgan fingerprint density at radius 3 is 2.55 bits per heavy atom. The quantitative estimate of drug-likeness (QED) is 0.489. The second kappa shape index (κ2) is 5.09. The summed E-state index contributed by atoms with van der Waals surface area (Å²) in [6.45, 7) is 0. The van der Waals surface area contributed by atoms with Crippen LogP contribution in [0.5, 0.6) is 0 Å². The molecule has 0 aliphatic rings. The monoisotopic (exact) mass is 179 g/mol. The molecular weight excluding hydrogens is 170 g/mol. The summed E-state index contributed by atoms with van der Waals surface area (Å²) in [6, 6.07) is -0.768. The van der Waals surface area contributed by atoms with Gasteiger partial charge in [-0.25, -0.2) is 0 Å². The van der Waals surface area contributed by atoms with Gasteiger partial charge < -0.3 is 10.5 Å². The van der Waals surface area contributed by atoms with Gasteiger partial charge in [0.15, 0.2) is 0 Å². The second-order valence-electron chi connectivity index (χ2n) is 2.03. The Hall–Kier alpha value is -0.610. The van der Waals surface area contributed by atoms with E-state index in [1.165, 1.54) is 7.11 Å². The summed E-state index contributed by atoms with van der Waals surface area (Å²) in [4.78, 5) is 20.8. The van der Waals surface area contributed by atoms with Crippen molar-refractivity contribution in [1.82, 2.24) is 0 Å². The number of carbonyl (C=O) groups excluding carboxylic acids is 2. The van der Waals surface area contributed by atoms with Crippen molar-refractivity contribution in [2.45, 2.75) is 18.9 Å². The Bertz CT molecular complexity index is 160. The van der Waals surface area contributed by atoms with Crippen molar-refractivity contribution in [2.24, 2.45) is 5.73 Å². The van der Waals surface area contributed by atoms with Crippen molar-refractivity contribution in [3.63, 3.8) is 0 Å². The minimum Gasteiger partial charge on any atom is -0.469 e. The van der Waals surface area contributed by atoms with Crippen LogP contribution < -0.4 is 5.73 Å². The molecule has 0 rings (SSSR count). The van der Waals surface area contributed by atoms with Crippen LogP contribution in [-0.2, 0) is 14.3 Å². The molecule has 0 aliphatic carbocycles. The van der Waals surface area contributed by atoms with Crippen molar-refractivity contribution in [3.05, 3.63) is 0 Å². The highest BCUT2D eigenvalue weighted by atomic mass is 35.5. The first kappa shape index (κ1) is 10.4. The van der Waals surface area contributed by atoms with Crippen LogP contribution in [0, 0.1) is 0 Å². The highest BCUT2D eigenvalue weighted by Gasteiger charge is 2.12. The molecule has 0 aromatic rings. The van der Waals surface area contributed by atoms with Gasteiger partial charge in [0.1, 0.15) is 0 Å². The molecule has 5 heteroatoms. The van der Waals surface area contributed by atoms with Crippen molar-refractivity contribution < 1.29 is 14.3 Å². The predicted octanol–water partition coefficient (Wildman–Crippen LogP) is 0.0323. The number of ether oxygens (including phenoxy) is 1. The Kier molecular flexibility index (Phi) is 4.81. The number of nitrogens with two attached hydrogens (primary N) is 1. The number of carbonyl (C=O) groups is 2. The van der Waals surface area contributed by atoms with E-state index in [2.05, 4.69) is 4.74 Å². The maximum absolute atomic E-state index is 10.5. The summed E-state index contributed by atoms with van der Waals surface area (Å²) in [5.74, 6) is -0.390. The maximum Gasteiger partial charge on any atom is 0.305 e. The summed E-state index contributed by atoms with van der Waals surface area (Å²) in [7, 11) is 1.27. The van der Waals surface area contributed by atoms with Gasteiger partial charge in [-0.3, -0.25) is 9.59 Å². The van der Waals surface area contributed by atoms with Crippen molar-refractivity contribution >= 4 is 22.8 Å². The number of rotatable bonds is 4. The number of methoxy groups -OCH3 is 1. The van der Waals surface area contributed by atoms with E-state index in [4.69, 9.17) is 17.3 Å². The van der Waals surface area contributed by atoms with E-state index in [9.17, 15) is 9.59 Å². The molecular formula is C6H10ClNO3. The first-order valence-electron chi connectivity index (χ1n) is 3.09. The highest BCUT2D eigenvalue weighted by molar-refractivity contribution is 6.64. The van der Waals surface area contributed by atoms with Crippen LogP contribution in [0.15, 0.2) is 0 Å². The molecule has 0 spiro atoms. The smallest absolute Gasteiger partial charge is 0.305 e. The zero-order valence-corrected chi connectivity index (χ0v) is 6.93. The van der Waals surface area contributed by atoms with E-state index in [0.717, 1.165) is 0 Å². The predicted molar refractivity (Wildman–Crippen MR) is 40.1 cm³/mol. The number of halogens is 1. The van der Waals surface area contributed by atoms with Crippen molar-refractivity contribution in [2.75, 3.05) is 7.11 Å². The molecule has 0 aromatic carbocycles. The van der Waals surface area contributed by atoms with Gasteiger partial charge in [0.2, 0.25) is 5.24 Å². The topological polar surface area (TPSA) is 69.4 Å². The van der Waals surface area contributed by atoms with Crippen LogP contribution in [0.3, 0.4) is 0 Å². The molecule has 0 heterocycles. The van der Waals surface area contributed by atoms with Gasteiger partial charge >= 0.3 is 5.97 Å². The lowest BCUT2D eigenvalue weighted by Crippen LogP contribution is -2.27. The Morgan fingerprint density at radius 1 is 1.64 bits per heavy atom. The first-order valence-corrected chi connectivity index (χ1v) is 3.47. The van der Waals surface area contributed by atoms with Crippen LogP contribution in [0.2, 0.25) is 0 Å². The molecule has 0 unspecified atom stereocenters. The Balaban J connectivity index is 3.54. The SMILES string of the molecule is COC(=O)CC[C@H](N)C(=O)Cl. The third-order valence-electron chi connectivity index (χ3n) is 1.18. The van der Waals surface area contributed by atoms with E-state index < -0.39 is 17.3 Å². The van der Waals surface area contributed by atoms with E-state index in [1.54, 1.807) is 0 Å². The number of esters is 1. The molecule has 1 atom stereocenters. The third kappa shape index (κ3) is 4.75. The summed E-state index contributed by atoms with van der Waals surface area (Å²) in [5, 5.41) is -0.631. The van der Waals surface area contributed by atoms with Gasteiger partial charge in [0.25, 0.3) is 0 Å². The normalized spacial score (nSPS) is 12.3. The summed E-state index contributed by atoms with van der Waals surface area (Å²) >= 11 is 5.04. The molecule has 0 bridgehead atoms. The average Bonchev–Trinajstić information content (AvgIpc) is 1.99. The van der Waals surface area contributed by atoms with Gasteiger partial charge in [-0.05, 0) is 18.0 Å². The zero-order valence-electron chi connectivity index (χ0n) is 6.17. The molecule has 2 N–H and O–H groups in total. The Labute approximate surface area is 69.6 Å². The van der Waals surface area contributed by atoms with Gasteiger partial charge in [0, 0.05) is 6.42 Å². The van der Waals surface area contributed by atoms with Gasteiger partial charge in [-0.1, -0.05) is 0 Å². The van der Waals surface area contributed by atoms with Crippen LogP contribution in [0.25, 0.3) is 0 Å². The average molecular weight is 180 g/mol. The van der Waals surface area contributed by atoms with E-state index in [0.29, 0.717) is 0 Å². The van der Waals surface area contributed by atoms with Gasteiger partial charge in [-0.15, -0.1) is 0 Å². The third-order valence-corrected chi connectivity index (χ3v) is 1.46. The first-order chi connectivity index (χ1) is 5.07. The molecule has 0 saturated heterocycles. The molecule has 0 radical (unpaired) electrons. The van der Waals surface area contributed by atoms with E-state index in [-0.39, 0.29) is 12.8 Å². The van der Waals surface area contributed by atoms with Gasteiger partial charge in [-0.2, -0.15) is 0 Å². The molecule has 0 amide bonds. The number of hydrogen-bond acceptors (Lipinski definition) is 4. The molecule has 0 aliphatic heterocycles. The standard InChI is InChI=1S/C6H10ClNO3/c1-11-5(9)3-2-4(8)6(7)10/h4H,2-3,8H2,1H3/t4-/m0/s1. The fourth-order valence-corrected chi connectivity index (χ4v) is 0.598. The van der Waals surface area contributed by atoms with E-state index in [1.807, 2.05) is 0 Å². The van der Waals surface area contributed by atoms with Crippen LogP contribution in [0.4, 0.5) is 0 Å². The van der Waals surface area contributed by atoms with Crippen LogP contribution >= 0.6 is 11.6 Å². The molecule has 11 heavy (non-hydrogen) atoms. The van der Waals surface area contributed by atoms with Crippen LogP contribution in [0.1, 0.15) is 12.8 Å². The van der Waals surface area contributed by atoms with Crippen molar-refractivity contribution in [3.8, 4) is 0 Å². The minimum absolute atomic E-state index is 0.121. The largest absolute Gasteiger partial charge is 0.469 e. The molecule has 4 nitrogen and oxygen atoms in total. The maximum atomic E-state index is 10.5.